The highest BCUT2D eigenvalue weighted by Gasteiger charge is 2.32. The van der Waals surface area contributed by atoms with Gasteiger partial charge in [0.25, 0.3) is 5.91 Å². The van der Waals surface area contributed by atoms with Crippen LogP contribution in [0.15, 0.2) is 60.9 Å². The lowest BCUT2D eigenvalue weighted by Crippen LogP contribution is -2.45. The highest BCUT2D eigenvalue weighted by molar-refractivity contribution is 6.11. The molecular weight excluding hydrogens is 368 g/mol. The summed E-state index contributed by atoms with van der Waals surface area (Å²) in [5.41, 5.74) is 3.91. The van der Waals surface area contributed by atoms with Crippen LogP contribution in [0.5, 0.6) is 5.75 Å². The summed E-state index contributed by atoms with van der Waals surface area (Å²) in [5, 5.41) is 10.5. The van der Waals surface area contributed by atoms with Crippen molar-refractivity contribution < 1.29 is 14.3 Å². The van der Waals surface area contributed by atoms with E-state index in [1.165, 1.54) is 4.90 Å². The molecular formula is C22H20N4O3. The minimum Gasteiger partial charge on any atom is -0.497 e. The van der Waals surface area contributed by atoms with E-state index in [-0.39, 0.29) is 11.8 Å². The summed E-state index contributed by atoms with van der Waals surface area (Å²) < 4.78 is 5.21. The van der Waals surface area contributed by atoms with Crippen molar-refractivity contribution in [2.45, 2.75) is 12.5 Å². The van der Waals surface area contributed by atoms with Crippen molar-refractivity contribution in [3.8, 4) is 16.9 Å². The van der Waals surface area contributed by atoms with Gasteiger partial charge in [-0.15, -0.1) is 0 Å². The van der Waals surface area contributed by atoms with Crippen LogP contribution in [0.4, 0.5) is 5.69 Å². The van der Waals surface area contributed by atoms with E-state index in [0.717, 1.165) is 16.7 Å². The number of methoxy groups -OCH3 is 1. The summed E-state index contributed by atoms with van der Waals surface area (Å²) in [6, 6.07) is 14.2. The van der Waals surface area contributed by atoms with Crippen LogP contribution in [0.1, 0.15) is 15.9 Å². The molecule has 0 saturated heterocycles. The fraction of sp³-hybridized carbons (Fsp3) is 0.182. The Morgan fingerprint density at radius 1 is 1.03 bits per heavy atom. The smallest absolute Gasteiger partial charge is 0.254 e. The number of rotatable bonds is 4. The molecule has 4 rings (SSSR count). The van der Waals surface area contributed by atoms with Crippen LogP contribution < -0.4 is 15.0 Å². The standard InChI is InChI=1S/C22H20N4O3/c1-26-20-8-7-17(29-2)12-18(20)21(27)25-19(22(26)28)11-14-3-5-15(6-4-14)16-9-10-23-24-13-16/h3-10,12-13,19H,11H2,1-2H3,(H,25,27). The molecule has 1 aliphatic heterocycles. The predicted octanol–water partition coefficient (Wildman–Crippen LogP) is 2.47. The van der Waals surface area contributed by atoms with Crippen molar-refractivity contribution in [1.82, 2.24) is 15.5 Å². The summed E-state index contributed by atoms with van der Waals surface area (Å²) >= 11 is 0. The van der Waals surface area contributed by atoms with E-state index in [1.807, 2.05) is 30.3 Å². The number of fused-ring (bicyclic) bond motifs is 1. The summed E-state index contributed by atoms with van der Waals surface area (Å²) in [7, 11) is 3.22. The van der Waals surface area contributed by atoms with E-state index in [1.54, 1.807) is 44.8 Å². The number of carbonyl (C=O) groups is 2. The first-order valence-electron chi connectivity index (χ1n) is 9.19. The Morgan fingerprint density at radius 2 is 1.83 bits per heavy atom. The lowest BCUT2D eigenvalue weighted by Gasteiger charge is -2.21. The SMILES string of the molecule is COc1ccc2c(c1)C(=O)NC(Cc1ccc(-c3ccnnc3)cc1)C(=O)N2C. The number of benzene rings is 2. The molecule has 29 heavy (non-hydrogen) atoms. The van der Waals surface area contributed by atoms with E-state index in [2.05, 4.69) is 15.5 Å². The van der Waals surface area contributed by atoms with Gasteiger partial charge in [-0.2, -0.15) is 10.2 Å². The number of ether oxygens (including phenoxy) is 1. The maximum absolute atomic E-state index is 13.0. The summed E-state index contributed by atoms with van der Waals surface area (Å²) in [5.74, 6) is 0.116. The molecule has 0 fully saturated rings. The summed E-state index contributed by atoms with van der Waals surface area (Å²) in [6.07, 6.45) is 3.74. The molecule has 2 amide bonds. The molecule has 2 aromatic carbocycles. The van der Waals surface area contributed by atoms with Gasteiger partial charge in [0.2, 0.25) is 5.91 Å². The van der Waals surface area contributed by atoms with E-state index in [9.17, 15) is 9.59 Å². The quantitative estimate of drug-likeness (QED) is 0.742. The zero-order chi connectivity index (χ0) is 20.4. The average Bonchev–Trinajstić information content (AvgIpc) is 2.85. The zero-order valence-corrected chi connectivity index (χ0v) is 16.1. The van der Waals surface area contributed by atoms with Crippen LogP contribution in [-0.4, -0.2) is 42.2 Å². The zero-order valence-electron chi connectivity index (χ0n) is 16.1. The topological polar surface area (TPSA) is 84.4 Å². The molecule has 1 N–H and O–H groups in total. The van der Waals surface area contributed by atoms with Gasteiger partial charge in [0.1, 0.15) is 11.8 Å². The van der Waals surface area contributed by atoms with Crippen molar-refractivity contribution >= 4 is 17.5 Å². The van der Waals surface area contributed by atoms with Crippen molar-refractivity contribution in [3.63, 3.8) is 0 Å². The molecule has 3 aromatic rings. The average molecular weight is 388 g/mol. The number of aromatic nitrogens is 2. The first-order chi connectivity index (χ1) is 14.1. The van der Waals surface area contributed by atoms with Crippen molar-refractivity contribution in [2.75, 3.05) is 19.1 Å². The molecule has 1 atom stereocenters. The van der Waals surface area contributed by atoms with E-state index in [4.69, 9.17) is 4.74 Å². The van der Waals surface area contributed by atoms with Gasteiger partial charge in [0.05, 0.1) is 30.8 Å². The Morgan fingerprint density at radius 3 is 2.52 bits per heavy atom. The number of hydrogen-bond donors (Lipinski definition) is 1. The fourth-order valence-corrected chi connectivity index (χ4v) is 3.44. The molecule has 146 valence electrons. The molecule has 0 bridgehead atoms. The number of nitrogens with zero attached hydrogens (tertiary/aromatic N) is 3. The van der Waals surface area contributed by atoms with Crippen LogP contribution in [0.25, 0.3) is 11.1 Å². The van der Waals surface area contributed by atoms with E-state index in [0.29, 0.717) is 23.4 Å². The lowest BCUT2D eigenvalue weighted by atomic mass is 10.0. The van der Waals surface area contributed by atoms with Gasteiger partial charge in [-0.3, -0.25) is 9.59 Å². The van der Waals surface area contributed by atoms with E-state index < -0.39 is 6.04 Å². The summed E-state index contributed by atoms with van der Waals surface area (Å²) in [6.45, 7) is 0. The number of hydrogen-bond acceptors (Lipinski definition) is 5. The molecule has 7 heteroatoms. The molecule has 0 radical (unpaired) electrons. The number of nitrogens with one attached hydrogen (secondary N) is 1. The second-order valence-corrected chi connectivity index (χ2v) is 6.84. The van der Waals surface area contributed by atoms with E-state index >= 15 is 0 Å². The lowest BCUT2D eigenvalue weighted by molar-refractivity contribution is -0.120. The molecule has 0 spiro atoms. The highest BCUT2D eigenvalue weighted by Crippen LogP contribution is 2.28. The van der Waals surface area contributed by atoms with Gasteiger partial charge in [-0.1, -0.05) is 24.3 Å². The molecule has 1 unspecified atom stereocenters. The van der Waals surface area contributed by atoms with Crippen LogP contribution >= 0.6 is 0 Å². The van der Waals surface area contributed by atoms with Crippen LogP contribution in [0.3, 0.4) is 0 Å². The Kier molecular flexibility index (Phi) is 4.95. The van der Waals surface area contributed by atoms with Crippen molar-refractivity contribution in [3.05, 3.63) is 72.1 Å². The molecule has 1 aliphatic rings. The maximum atomic E-state index is 13.0. The minimum atomic E-state index is -0.653. The Balaban J connectivity index is 1.57. The Hall–Kier alpha value is -3.74. The van der Waals surface area contributed by atoms with Crippen LogP contribution in [0, 0.1) is 0 Å². The van der Waals surface area contributed by atoms with Gasteiger partial charge in [-0.05, 0) is 35.4 Å². The fourth-order valence-electron chi connectivity index (χ4n) is 3.44. The third-order valence-electron chi connectivity index (χ3n) is 5.06. The summed E-state index contributed by atoms with van der Waals surface area (Å²) in [4.78, 5) is 27.2. The second-order valence-electron chi connectivity index (χ2n) is 6.84. The molecule has 2 heterocycles. The third-order valence-corrected chi connectivity index (χ3v) is 5.06. The van der Waals surface area contributed by atoms with Gasteiger partial charge in [0.15, 0.2) is 0 Å². The van der Waals surface area contributed by atoms with Crippen molar-refractivity contribution in [2.24, 2.45) is 0 Å². The van der Waals surface area contributed by atoms with Gasteiger partial charge >= 0.3 is 0 Å². The Bertz CT molecular complexity index is 1050. The largest absolute Gasteiger partial charge is 0.497 e. The highest BCUT2D eigenvalue weighted by atomic mass is 16.5. The first-order valence-corrected chi connectivity index (χ1v) is 9.19. The molecule has 7 nitrogen and oxygen atoms in total. The van der Waals surface area contributed by atoms with Gasteiger partial charge < -0.3 is 15.0 Å². The number of carbonyl (C=O) groups excluding carboxylic acids is 2. The maximum Gasteiger partial charge on any atom is 0.254 e. The van der Waals surface area contributed by atoms with Crippen molar-refractivity contribution in [1.29, 1.82) is 0 Å². The van der Waals surface area contributed by atoms with Crippen LogP contribution in [-0.2, 0) is 11.2 Å². The minimum absolute atomic E-state index is 0.162. The molecule has 1 aromatic heterocycles. The number of likely N-dealkylation sites (N-methyl/N-ethyl adjacent to an activating group) is 1. The van der Waals surface area contributed by atoms with Crippen LogP contribution in [0.2, 0.25) is 0 Å². The predicted molar refractivity (Wildman–Crippen MR) is 109 cm³/mol. The third kappa shape index (κ3) is 3.67. The van der Waals surface area contributed by atoms with Gasteiger partial charge in [-0.25, -0.2) is 0 Å². The first kappa shape index (κ1) is 18.6. The Labute approximate surface area is 168 Å². The monoisotopic (exact) mass is 388 g/mol. The normalized spacial score (nSPS) is 16.1. The second kappa shape index (κ2) is 7.71. The van der Waals surface area contributed by atoms with Gasteiger partial charge in [0, 0.05) is 19.0 Å². The number of anilines is 1. The number of amides is 2. The molecule has 0 saturated carbocycles. The molecule has 0 aliphatic carbocycles.